The number of hydrogen-bond acceptors (Lipinski definition) is 3. The highest BCUT2D eigenvalue weighted by atomic mass is 32.2. The summed E-state index contributed by atoms with van der Waals surface area (Å²) in [5, 5.41) is 0. The average Bonchev–Trinajstić information content (AvgIpc) is 2.26. The van der Waals surface area contributed by atoms with E-state index in [4.69, 9.17) is 0 Å². The minimum absolute atomic E-state index is 0.0436. The largest absolute Gasteiger partial charge is 0.338 e. The molecule has 5 nitrogen and oxygen atoms in total. The first-order valence-corrected chi connectivity index (χ1v) is 7.60. The predicted molar refractivity (Wildman–Crippen MR) is 69.7 cm³/mol. The molecule has 0 saturated carbocycles. The molecular weight excluding hydrogens is 252 g/mol. The molecule has 0 atom stereocenters. The Balaban J connectivity index is 2.33. The van der Waals surface area contributed by atoms with E-state index >= 15 is 0 Å². The summed E-state index contributed by atoms with van der Waals surface area (Å²) in [6.45, 7) is 2.72. The third kappa shape index (κ3) is 2.81. The number of benzene rings is 1. The first kappa shape index (κ1) is 12.9. The molecule has 18 heavy (non-hydrogen) atoms. The maximum absolute atomic E-state index is 11.3. The van der Waals surface area contributed by atoms with Crippen molar-refractivity contribution in [3.05, 3.63) is 29.3 Å². The van der Waals surface area contributed by atoms with Gasteiger partial charge in [0.1, 0.15) is 0 Å². The number of carbonyl (C=O) groups excluding carboxylic acids is 1. The summed E-state index contributed by atoms with van der Waals surface area (Å²) in [6, 6.07) is 5.48. The van der Waals surface area contributed by atoms with Crippen molar-refractivity contribution in [3.8, 4) is 0 Å². The molecule has 0 aromatic heterocycles. The van der Waals surface area contributed by atoms with Crippen molar-refractivity contribution >= 4 is 21.6 Å². The Morgan fingerprint density at radius 3 is 2.72 bits per heavy atom. The Morgan fingerprint density at radius 1 is 1.39 bits per heavy atom. The molecule has 1 aliphatic heterocycles. The molecule has 1 N–H and O–H groups in total. The first-order valence-electron chi connectivity index (χ1n) is 5.71. The highest BCUT2D eigenvalue weighted by Gasteiger charge is 2.20. The smallest absolute Gasteiger partial charge is 0.229 e. The van der Waals surface area contributed by atoms with Crippen molar-refractivity contribution in [2.45, 2.75) is 19.9 Å². The van der Waals surface area contributed by atoms with E-state index in [9.17, 15) is 13.2 Å². The Morgan fingerprint density at radius 2 is 2.11 bits per heavy atom. The van der Waals surface area contributed by atoms with Crippen LogP contribution in [0.25, 0.3) is 0 Å². The molecule has 1 amide bonds. The molecule has 2 rings (SSSR count). The second-order valence-electron chi connectivity index (χ2n) is 4.51. The number of nitrogens with zero attached hydrogens (tertiary/aromatic N) is 1. The van der Waals surface area contributed by atoms with E-state index in [1.165, 1.54) is 0 Å². The van der Waals surface area contributed by atoms with Gasteiger partial charge < -0.3 is 4.90 Å². The van der Waals surface area contributed by atoms with E-state index in [1.54, 1.807) is 24.0 Å². The van der Waals surface area contributed by atoms with Crippen LogP contribution >= 0.6 is 0 Å². The van der Waals surface area contributed by atoms with E-state index in [-0.39, 0.29) is 5.91 Å². The van der Waals surface area contributed by atoms with Crippen LogP contribution in [0.3, 0.4) is 0 Å². The third-order valence-electron chi connectivity index (χ3n) is 3.01. The average molecular weight is 268 g/mol. The Kier molecular flexibility index (Phi) is 3.30. The number of hydrogen-bond donors (Lipinski definition) is 1. The van der Waals surface area contributed by atoms with Crippen molar-refractivity contribution < 1.29 is 13.2 Å². The van der Waals surface area contributed by atoms with Crippen molar-refractivity contribution in [1.29, 1.82) is 0 Å². The molecule has 1 aliphatic rings. The second kappa shape index (κ2) is 4.61. The number of sulfonamides is 1. The van der Waals surface area contributed by atoms with Crippen molar-refractivity contribution in [3.63, 3.8) is 0 Å². The molecule has 1 aromatic carbocycles. The summed E-state index contributed by atoms with van der Waals surface area (Å²) in [7, 11) is -3.27. The van der Waals surface area contributed by atoms with E-state index in [0.717, 1.165) is 17.4 Å². The van der Waals surface area contributed by atoms with Gasteiger partial charge in [-0.05, 0) is 23.6 Å². The molecule has 0 spiro atoms. The molecule has 0 aliphatic carbocycles. The van der Waals surface area contributed by atoms with E-state index in [2.05, 4.69) is 4.72 Å². The highest BCUT2D eigenvalue weighted by Crippen LogP contribution is 2.26. The molecule has 0 radical (unpaired) electrons. The van der Waals surface area contributed by atoms with Gasteiger partial charge in [-0.15, -0.1) is 0 Å². The van der Waals surface area contributed by atoms with Gasteiger partial charge in [0.15, 0.2) is 0 Å². The maximum Gasteiger partial charge on any atom is 0.229 e. The second-order valence-corrected chi connectivity index (χ2v) is 6.26. The van der Waals surface area contributed by atoms with Gasteiger partial charge >= 0.3 is 0 Å². The van der Waals surface area contributed by atoms with Crippen molar-refractivity contribution in [1.82, 2.24) is 4.90 Å². The number of fused-ring (bicyclic) bond motifs is 1. The van der Waals surface area contributed by atoms with Gasteiger partial charge in [-0.25, -0.2) is 8.42 Å². The van der Waals surface area contributed by atoms with Crippen LogP contribution in [-0.4, -0.2) is 32.0 Å². The minimum atomic E-state index is -3.27. The summed E-state index contributed by atoms with van der Waals surface area (Å²) >= 11 is 0. The lowest BCUT2D eigenvalue weighted by atomic mass is 9.98. The fraction of sp³-hybridized carbons (Fsp3) is 0.417. The molecule has 0 fully saturated rings. The van der Waals surface area contributed by atoms with Gasteiger partial charge in [0.05, 0.1) is 11.9 Å². The van der Waals surface area contributed by atoms with Gasteiger partial charge in [-0.3, -0.25) is 9.52 Å². The lowest BCUT2D eigenvalue weighted by Gasteiger charge is -2.29. The summed E-state index contributed by atoms with van der Waals surface area (Å²) < 4.78 is 25.1. The Bertz CT molecular complexity index is 581. The molecule has 1 aromatic rings. The number of carbonyl (C=O) groups is 1. The van der Waals surface area contributed by atoms with Crippen LogP contribution in [0.15, 0.2) is 18.2 Å². The third-order valence-corrected chi connectivity index (χ3v) is 3.60. The van der Waals surface area contributed by atoms with E-state index < -0.39 is 10.0 Å². The zero-order chi connectivity index (χ0) is 13.3. The number of nitrogens with one attached hydrogen (secondary N) is 1. The van der Waals surface area contributed by atoms with Crippen LogP contribution in [0, 0.1) is 0 Å². The summed E-state index contributed by atoms with van der Waals surface area (Å²) in [4.78, 5) is 13.1. The van der Waals surface area contributed by atoms with Crippen LogP contribution in [0.4, 0.5) is 5.69 Å². The molecule has 0 unspecified atom stereocenters. The first-order chi connectivity index (χ1) is 8.37. The monoisotopic (exact) mass is 268 g/mol. The minimum Gasteiger partial charge on any atom is -0.338 e. The summed E-state index contributed by atoms with van der Waals surface area (Å²) in [5.41, 5.74) is 2.61. The molecule has 6 heteroatoms. The van der Waals surface area contributed by atoms with E-state index in [1.807, 2.05) is 6.07 Å². The molecular formula is C12H16N2O3S. The fourth-order valence-electron chi connectivity index (χ4n) is 2.17. The molecule has 0 bridgehead atoms. The topological polar surface area (TPSA) is 66.5 Å². The van der Waals surface area contributed by atoms with Gasteiger partial charge in [-0.2, -0.15) is 0 Å². The summed E-state index contributed by atoms with van der Waals surface area (Å²) in [5.74, 6) is 0.0436. The summed E-state index contributed by atoms with van der Waals surface area (Å²) in [6.07, 6.45) is 1.81. The van der Waals surface area contributed by atoms with Crippen LogP contribution in [0.1, 0.15) is 18.1 Å². The van der Waals surface area contributed by atoms with Gasteiger partial charge in [0, 0.05) is 20.0 Å². The van der Waals surface area contributed by atoms with Crippen LogP contribution in [-0.2, 0) is 27.8 Å². The van der Waals surface area contributed by atoms with Crippen molar-refractivity contribution in [2.24, 2.45) is 0 Å². The van der Waals surface area contributed by atoms with Crippen LogP contribution < -0.4 is 4.72 Å². The Hall–Kier alpha value is -1.56. The number of amides is 1. The zero-order valence-corrected chi connectivity index (χ0v) is 11.3. The molecule has 98 valence electrons. The fourth-order valence-corrected chi connectivity index (χ4v) is 2.76. The standard InChI is InChI=1S/C12H16N2O3S/c1-9(15)14-7-6-11-10(8-14)4-3-5-12(11)13-18(2,16)17/h3-5,13H,6-8H2,1-2H3. The highest BCUT2D eigenvalue weighted by molar-refractivity contribution is 7.92. The lowest BCUT2D eigenvalue weighted by Crippen LogP contribution is -2.34. The SMILES string of the molecule is CC(=O)N1CCc2c(cccc2NS(C)(=O)=O)C1. The zero-order valence-electron chi connectivity index (χ0n) is 10.4. The van der Waals surface area contributed by atoms with Crippen molar-refractivity contribution in [2.75, 3.05) is 17.5 Å². The van der Waals surface area contributed by atoms with E-state index in [0.29, 0.717) is 25.2 Å². The predicted octanol–water partition coefficient (Wildman–Crippen LogP) is 0.963. The lowest BCUT2D eigenvalue weighted by molar-refractivity contribution is -0.129. The van der Waals surface area contributed by atoms with Crippen LogP contribution in [0.5, 0.6) is 0 Å². The normalized spacial score (nSPS) is 15.1. The molecule has 0 saturated heterocycles. The number of rotatable bonds is 2. The molecule has 1 heterocycles. The van der Waals surface area contributed by atoms with Gasteiger partial charge in [0.25, 0.3) is 0 Å². The Labute approximate surface area is 107 Å². The quantitative estimate of drug-likeness (QED) is 0.869. The maximum atomic E-state index is 11.3. The van der Waals surface area contributed by atoms with Gasteiger partial charge in [0.2, 0.25) is 15.9 Å². The number of anilines is 1. The van der Waals surface area contributed by atoms with Crippen LogP contribution in [0.2, 0.25) is 0 Å². The van der Waals surface area contributed by atoms with Gasteiger partial charge in [-0.1, -0.05) is 12.1 Å².